The molecule has 0 unspecified atom stereocenters. The molecule has 1 N–H and O–H groups in total. The van der Waals surface area contributed by atoms with Crippen molar-refractivity contribution in [1.82, 2.24) is 9.62 Å². The Hall–Kier alpha value is -1.93. The Labute approximate surface area is 142 Å². The van der Waals surface area contributed by atoms with E-state index in [1.54, 1.807) is 12.1 Å². The van der Waals surface area contributed by atoms with Crippen LogP contribution in [0.2, 0.25) is 0 Å². The summed E-state index contributed by atoms with van der Waals surface area (Å²) in [6.45, 7) is 1.72. The number of amides is 1. The average Bonchev–Trinajstić information content (AvgIpc) is 2.59. The molecule has 1 aromatic rings. The summed E-state index contributed by atoms with van der Waals surface area (Å²) in [4.78, 5) is 23.6. The summed E-state index contributed by atoms with van der Waals surface area (Å²) in [5, 5.41) is 2.35. The quantitative estimate of drug-likeness (QED) is 0.791. The SMILES string of the molecule is CNC(=O)COC(=O)[C@H]1CCCCN1S(=O)(=O)c1ccc(C)cc1. The van der Waals surface area contributed by atoms with Crippen molar-refractivity contribution >= 4 is 21.9 Å². The predicted molar refractivity (Wildman–Crippen MR) is 87.7 cm³/mol. The van der Waals surface area contributed by atoms with Gasteiger partial charge in [0.25, 0.3) is 5.91 Å². The second kappa shape index (κ2) is 7.76. The van der Waals surface area contributed by atoms with E-state index in [1.165, 1.54) is 23.5 Å². The molecule has 0 saturated carbocycles. The van der Waals surface area contributed by atoms with Crippen LogP contribution in [0.15, 0.2) is 29.2 Å². The molecule has 8 heteroatoms. The number of ether oxygens (including phenoxy) is 1. The molecule has 1 saturated heterocycles. The topological polar surface area (TPSA) is 92.8 Å². The Morgan fingerprint density at radius 2 is 1.92 bits per heavy atom. The smallest absolute Gasteiger partial charge is 0.324 e. The van der Waals surface area contributed by atoms with E-state index in [-0.39, 0.29) is 11.4 Å². The molecule has 1 aromatic carbocycles. The van der Waals surface area contributed by atoms with E-state index >= 15 is 0 Å². The average molecular weight is 354 g/mol. The third-order valence-electron chi connectivity index (χ3n) is 3.98. The van der Waals surface area contributed by atoms with Gasteiger partial charge in [-0.15, -0.1) is 0 Å². The molecule has 7 nitrogen and oxygen atoms in total. The van der Waals surface area contributed by atoms with Gasteiger partial charge in [0, 0.05) is 13.6 Å². The normalized spacial score (nSPS) is 18.8. The van der Waals surface area contributed by atoms with Crippen LogP contribution in [-0.2, 0) is 24.3 Å². The maximum absolute atomic E-state index is 12.8. The van der Waals surface area contributed by atoms with Crippen molar-refractivity contribution in [2.45, 2.75) is 37.1 Å². The number of carbonyl (C=O) groups excluding carboxylic acids is 2. The van der Waals surface area contributed by atoms with E-state index in [2.05, 4.69) is 5.32 Å². The Balaban J connectivity index is 2.20. The van der Waals surface area contributed by atoms with E-state index in [0.29, 0.717) is 12.8 Å². The molecule has 0 aromatic heterocycles. The second-order valence-electron chi connectivity index (χ2n) is 5.72. The summed E-state index contributed by atoms with van der Waals surface area (Å²) < 4.78 is 31.8. The Kier molecular flexibility index (Phi) is 5.95. The minimum atomic E-state index is -3.79. The molecule has 0 radical (unpaired) electrons. The van der Waals surface area contributed by atoms with Crippen molar-refractivity contribution in [2.24, 2.45) is 0 Å². The van der Waals surface area contributed by atoms with Gasteiger partial charge in [-0.2, -0.15) is 4.31 Å². The third-order valence-corrected chi connectivity index (χ3v) is 5.90. The summed E-state index contributed by atoms with van der Waals surface area (Å²) in [5.74, 6) is -1.12. The molecular weight excluding hydrogens is 332 g/mol. The molecule has 1 atom stereocenters. The number of rotatable bonds is 5. The van der Waals surface area contributed by atoms with Crippen LogP contribution in [0.1, 0.15) is 24.8 Å². The standard InChI is InChI=1S/C16H22N2O5S/c1-12-6-8-13(9-7-12)24(21,22)18-10-4-3-5-14(18)16(20)23-11-15(19)17-2/h6-9,14H,3-5,10-11H2,1-2H3,(H,17,19)/t14-/m1/s1. The van der Waals surface area contributed by atoms with Gasteiger partial charge in [-0.3, -0.25) is 9.59 Å². The molecule has 24 heavy (non-hydrogen) atoms. The van der Waals surface area contributed by atoms with Gasteiger partial charge < -0.3 is 10.1 Å². The van der Waals surface area contributed by atoms with Crippen LogP contribution in [0.25, 0.3) is 0 Å². The van der Waals surface area contributed by atoms with Crippen molar-refractivity contribution in [1.29, 1.82) is 0 Å². The summed E-state index contributed by atoms with van der Waals surface area (Å²) in [5.41, 5.74) is 0.953. The first kappa shape index (κ1) is 18.4. The number of piperidine rings is 1. The van der Waals surface area contributed by atoms with Gasteiger partial charge in [0.1, 0.15) is 6.04 Å². The lowest BCUT2D eigenvalue weighted by Crippen LogP contribution is -2.49. The maximum Gasteiger partial charge on any atom is 0.324 e. The molecule has 0 bridgehead atoms. The number of hydrogen-bond donors (Lipinski definition) is 1. The number of hydrogen-bond acceptors (Lipinski definition) is 5. The lowest BCUT2D eigenvalue weighted by molar-refractivity contribution is -0.153. The number of esters is 1. The fourth-order valence-corrected chi connectivity index (χ4v) is 4.23. The molecule has 0 spiro atoms. The highest BCUT2D eigenvalue weighted by molar-refractivity contribution is 7.89. The fourth-order valence-electron chi connectivity index (χ4n) is 2.58. The van der Waals surface area contributed by atoms with Crippen molar-refractivity contribution in [3.8, 4) is 0 Å². The monoisotopic (exact) mass is 354 g/mol. The number of sulfonamides is 1. The van der Waals surface area contributed by atoms with Crippen LogP contribution in [0.5, 0.6) is 0 Å². The van der Waals surface area contributed by atoms with Crippen LogP contribution in [0, 0.1) is 6.92 Å². The molecular formula is C16H22N2O5S. The molecule has 1 aliphatic rings. The van der Waals surface area contributed by atoms with Crippen molar-refractivity contribution in [2.75, 3.05) is 20.2 Å². The molecule has 1 amide bonds. The number of carbonyl (C=O) groups is 2. The van der Waals surface area contributed by atoms with Gasteiger partial charge in [-0.05, 0) is 38.3 Å². The molecule has 1 heterocycles. The summed E-state index contributed by atoms with van der Waals surface area (Å²) in [6.07, 6.45) is 1.81. The number of aryl methyl sites for hydroxylation is 1. The fraction of sp³-hybridized carbons (Fsp3) is 0.500. The van der Waals surface area contributed by atoms with Crippen LogP contribution in [0.4, 0.5) is 0 Å². The van der Waals surface area contributed by atoms with Gasteiger partial charge >= 0.3 is 5.97 Å². The number of likely N-dealkylation sites (N-methyl/N-ethyl adjacent to an activating group) is 1. The maximum atomic E-state index is 12.8. The highest BCUT2D eigenvalue weighted by Gasteiger charge is 2.38. The van der Waals surface area contributed by atoms with E-state index in [9.17, 15) is 18.0 Å². The predicted octanol–water partition coefficient (Wildman–Crippen LogP) is 0.827. The highest BCUT2D eigenvalue weighted by atomic mass is 32.2. The van der Waals surface area contributed by atoms with Crippen LogP contribution in [-0.4, -0.2) is 50.8 Å². The highest BCUT2D eigenvalue weighted by Crippen LogP contribution is 2.26. The summed E-state index contributed by atoms with van der Waals surface area (Å²) in [6, 6.07) is 5.61. The van der Waals surface area contributed by atoms with Crippen LogP contribution < -0.4 is 5.32 Å². The molecule has 1 fully saturated rings. The van der Waals surface area contributed by atoms with Gasteiger partial charge in [0.2, 0.25) is 10.0 Å². The first-order valence-electron chi connectivity index (χ1n) is 7.82. The summed E-state index contributed by atoms with van der Waals surface area (Å²) in [7, 11) is -2.35. The zero-order valence-corrected chi connectivity index (χ0v) is 14.6. The largest absolute Gasteiger partial charge is 0.454 e. The molecule has 0 aliphatic carbocycles. The van der Waals surface area contributed by atoms with Gasteiger partial charge in [-0.1, -0.05) is 17.7 Å². The van der Waals surface area contributed by atoms with Crippen LogP contribution in [0.3, 0.4) is 0 Å². The van der Waals surface area contributed by atoms with E-state index in [1.807, 2.05) is 6.92 Å². The Morgan fingerprint density at radius 1 is 1.25 bits per heavy atom. The molecule has 132 valence electrons. The van der Waals surface area contributed by atoms with Crippen molar-refractivity contribution in [3.05, 3.63) is 29.8 Å². The van der Waals surface area contributed by atoms with E-state index in [4.69, 9.17) is 4.74 Å². The second-order valence-corrected chi connectivity index (χ2v) is 7.61. The molecule has 1 aliphatic heterocycles. The van der Waals surface area contributed by atoms with Gasteiger partial charge in [-0.25, -0.2) is 8.42 Å². The molecule has 2 rings (SSSR count). The first-order valence-corrected chi connectivity index (χ1v) is 9.26. The first-order chi connectivity index (χ1) is 11.4. The minimum absolute atomic E-state index is 0.152. The Bertz CT molecular complexity index is 700. The van der Waals surface area contributed by atoms with Crippen LogP contribution >= 0.6 is 0 Å². The lowest BCUT2D eigenvalue weighted by Gasteiger charge is -2.32. The summed E-state index contributed by atoms with van der Waals surface area (Å²) >= 11 is 0. The minimum Gasteiger partial charge on any atom is -0.454 e. The Morgan fingerprint density at radius 3 is 2.54 bits per heavy atom. The van der Waals surface area contributed by atoms with Crippen molar-refractivity contribution in [3.63, 3.8) is 0 Å². The van der Waals surface area contributed by atoms with Gasteiger partial charge in [0.15, 0.2) is 6.61 Å². The zero-order chi connectivity index (χ0) is 17.7. The number of benzene rings is 1. The van der Waals surface area contributed by atoms with E-state index in [0.717, 1.165) is 12.0 Å². The van der Waals surface area contributed by atoms with Gasteiger partial charge in [0.05, 0.1) is 4.90 Å². The van der Waals surface area contributed by atoms with Crippen molar-refractivity contribution < 1.29 is 22.7 Å². The third kappa shape index (κ3) is 4.12. The zero-order valence-electron chi connectivity index (χ0n) is 13.8. The number of nitrogens with zero attached hydrogens (tertiary/aromatic N) is 1. The number of nitrogens with one attached hydrogen (secondary N) is 1. The lowest BCUT2D eigenvalue weighted by atomic mass is 10.1. The van der Waals surface area contributed by atoms with E-state index < -0.39 is 34.5 Å².